The quantitative estimate of drug-likeness (QED) is 0.0262. The molecule has 0 aliphatic heterocycles. The number of unbranched alkanes of at least 4 members (excludes halogenated alkanes) is 32. The molecule has 0 amide bonds. The molecule has 0 aliphatic carbocycles. The average Bonchev–Trinajstić information content (AvgIpc) is 3.30. The minimum absolute atomic E-state index is 0.0712. The van der Waals surface area contributed by atoms with Gasteiger partial charge in [0.25, 0.3) is 0 Å². The monoisotopic (exact) mass is 911 g/mol. The van der Waals surface area contributed by atoms with Gasteiger partial charge in [-0.3, -0.25) is 14.4 Å². The lowest BCUT2D eigenvalue weighted by atomic mass is 10.0. The fourth-order valence-corrected chi connectivity index (χ4v) is 8.14. The van der Waals surface area contributed by atoms with Crippen molar-refractivity contribution in [2.75, 3.05) is 13.2 Å². The molecule has 6 nitrogen and oxygen atoms in total. The summed E-state index contributed by atoms with van der Waals surface area (Å²) in [5, 5.41) is 0. The van der Waals surface area contributed by atoms with Crippen LogP contribution in [0.25, 0.3) is 0 Å². The zero-order valence-electron chi connectivity index (χ0n) is 43.3. The highest BCUT2D eigenvalue weighted by molar-refractivity contribution is 5.71. The van der Waals surface area contributed by atoms with E-state index in [4.69, 9.17) is 14.2 Å². The summed E-state index contributed by atoms with van der Waals surface area (Å²) in [5.41, 5.74) is 0. The fraction of sp³-hybridized carbons (Fsp3) is 0.814. The van der Waals surface area contributed by atoms with E-state index < -0.39 is 6.10 Å². The molecule has 0 rings (SSSR count). The molecular formula is C59H106O6. The first-order valence-electron chi connectivity index (χ1n) is 28.1. The van der Waals surface area contributed by atoms with E-state index in [0.29, 0.717) is 19.3 Å². The van der Waals surface area contributed by atoms with E-state index in [0.717, 1.165) is 89.9 Å². The summed E-state index contributed by atoms with van der Waals surface area (Å²) in [6, 6.07) is 0. The van der Waals surface area contributed by atoms with E-state index in [-0.39, 0.29) is 31.1 Å². The molecule has 0 saturated heterocycles. The van der Waals surface area contributed by atoms with Gasteiger partial charge in [0.05, 0.1) is 0 Å². The van der Waals surface area contributed by atoms with Gasteiger partial charge < -0.3 is 14.2 Å². The van der Waals surface area contributed by atoms with Crippen LogP contribution in [0.3, 0.4) is 0 Å². The molecule has 0 aliphatic rings. The van der Waals surface area contributed by atoms with Crippen LogP contribution in [0, 0.1) is 0 Å². The Morgan fingerprint density at radius 3 is 0.938 bits per heavy atom. The molecule has 0 saturated carbocycles. The number of ether oxygens (including phenoxy) is 3. The Labute approximate surface area is 403 Å². The molecule has 6 heteroatoms. The van der Waals surface area contributed by atoms with Gasteiger partial charge in [0.15, 0.2) is 6.10 Å². The van der Waals surface area contributed by atoms with Crippen LogP contribution in [0.1, 0.15) is 290 Å². The molecule has 1 unspecified atom stereocenters. The normalized spacial score (nSPS) is 12.4. The van der Waals surface area contributed by atoms with Crippen molar-refractivity contribution in [2.45, 2.75) is 297 Å². The Morgan fingerprint density at radius 2 is 0.600 bits per heavy atom. The first-order chi connectivity index (χ1) is 32.0. The summed E-state index contributed by atoms with van der Waals surface area (Å²) in [4.78, 5) is 38.1. The van der Waals surface area contributed by atoms with Crippen molar-refractivity contribution < 1.29 is 28.6 Å². The number of rotatable bonds is 51. The molecule has 378 valence electrons. The Balaban J connectivity index is 4.30. The predicted octanol–water partition coefficient (Wildman–Crippen LogP) is 18.7. The summed E-state index contributed by atoms with van der Waals surface area (Å²) in [5.74, 6) is -0.866. The SMILES string of the molecule is CC/C=C\C/C=C\C/C=C\C/C=C\CCCCCCCCCCC(=O)OCC(COC(=O)CCCCCCCCCCCCC)OC(=O)CCCCCCCCCCCCCCCCC. The van der Waals surface area contributed by atoms with E-state index >= 15 is 0 Å². The summed E-state index contributed by atoms with van der Waals surface area (Å²) in [6.45, 7) is 6.55. The molecule has 65 heavy (non-hydrogen) atoms. The van der Waals surface area contributed by atoms with Crippen molar-refractivity contribution in [1.82, 2.24) is 0 Å². The van der Waals surface area contributed by atoms with Crippen LogP contribution in [-0.2, 0) is 28.6 Å². The molecule has 0 aromatic heterocycles. The smallest absolute Gasteiger partial charge is 0.306 e. The zero-order valence-corrected chi connectivity index (χ0v) is 43.3. The second-order valence-electron chi connectivity index (χ2n) is 18.8. The van der Waals surface area contributed by atoms with Crippen molar-refractivity contribution in [3.05, 3.63) is 48.6 Å². The Morgan fingerprint density at radius 1 is 0.323 bits per heavy atom. The van der Waals surface area contributed by atoms with Crippen LogP contribution in [-0.4, -0.2) is 37.2 Å². The fourth-order valence-electron chi connectivity index (χ4n) is 8.14. The molecule has 0 bridgehead atoms. The van der Waals surface area contributed by atoms with Crippen molar-refractivity contribution in [2.24, 2.45) is 0 Å². The highest BCUT2D eigenvalue weighted by Gasteiger charge is 2.19. The molecular weight excluding hydrogens is 805 g/mol. The maximum Gasteiger partial charge on any atom is 0.306 e. The Hall–Kier alpha value is -2.63. The number of carbonyl (C=O) groups excluding carboxylic acids is 3. The van der Waals surface area contributed by atoms with Crippen LogP contribution < -0.4 is 0 Å². The summed E-state index contributed by atoms with van der Waals surface area (Å²) in [7, 11) is 0. The van der Waals surface area contributed by atoms with E-state index in [1.807, 2.05) is 0 Å². The number of allylic oxidation sites excluding steroid dienone is 8. The van der Waals surface area contributed by atoms with Crippen LogP contribution >= 0.6 is 0 Å². The maximum atomic E-state index is 12.8. The topological polar surface area (TPSA) is 78.9 Å². The third-order valence-electron chi connectivity index (χ3n) is 12.3. The van der Waals surface area contributed by atoms with Gasteiger partial charge in [0.1, 0.15) is 13.2 Å². The van der Waals surface area contributed by atoms with Gasteiger partial charge in [-0.15, -0.1) is 0 Å². The van der Waals surface area contributed by atoms with E-state index in [2.05, 4.69) is 69.4 Å². The third-order valence-corrected chi connectivity index (χ3v) is 12.3. The predicted molar refractivity (Wildman–Crippen MR) is 279 cm³/mol. The third kappa shape index (κ3) is 52.2. The van der Waals surface area contributed by atoms with E-state index in [1.54, 1.807) is 0 Å². The number of carbonyl (C=O) groups is 3. The van der Waals surface area contributed by atoms with Crippen molar-refractivity contribution in [1.29, 1.82) is 0 Å². The standard InChI is InChI=1S/C59H106O6/c1-4-7-10-13-16-19-22-24-26-27-28-29-30-31-33-34-37-40-43-46-49-52-58(61)64-55-56(54-63-57(60)51-48-45-42-39-36-21-18-15-12-9-6-3)65-59(62)53-50-47-44-41-38-35-32-25-23-20-17-14-11-8-5-2/h7,10,16,19,24,26,28-29,56H,4-6,8-9,11-15,17-18,20-23,25,27,30-55H2,1-3H3/b10-7-,19-16-,26-24-,29-28-. The van der Waals surface area contributed by atoms with Crippen LogP contribution in [0.5, 0.6) is 0 Å². The molecule has 0 aromatic rings. The van der Waals surface area contributed by atoms with Crippen molar-refractivity contribution >= 4 is 17.9 Å². The largest absolute Gasteiger partial charge is 0.462 e. The molecule has 0 N–H and O–H groups in total. The van der Waals surface area contributed by atoms with E-state index in [9.17, 15) is 14.4 Å². The molecule has 0 aromatic carbocycles. The Bertz CT molecular complexity index is 1140. The molecule has 0 fully saturated rings. The Kier molecular flexibility index (Phi) is 51.8. The average molecular weight is 911 g/mol. The lowest BCUT2D eigenvalue weighted by Crippen LogP contribution is -2.30. The van der Waals surface area contributed by atoms with Gasteiger partial charge in [-0.25, -0.2) is 0 Å². The number of esters is 3. The van der Waals surface area contributed by atoms with Crippen LogP contribution in [0.2, 0.25) is 0 Å². The summed E-state index contributed by atoms with van der Waals surface area (Å²) in [6.07, 6.45) is 65.2. The lowest BCUT2D eigenvalue weighted by molar-refractivity contribution is -0.167. The number of hydrogen-bond donors (Lipinski definition) is 0. The highest BCUT2D eigenvalue weighted by atomic mass is 16.6. The molecule has 0 spiro atoms. The lowest BCUT2D eigenvalue weighted by Gasteiger charge is -2.18. The van der Waals surface area contributed by atoms with Gasteiger partial charge in [-0.2, -0.15) is 0 Å². The second-order valence-corrected chi connectivity index (χ2v) is 18.8. The maximum absolute atomic E-state index is 12.8. The van der Waals surface area contributed by atoms with Gasteiger partial charge in [-0.05, 0) is 57.8 Å². The molecule has 0 heterocycles. The number of hydrogen-bond acceptors (Lipinski definition) is 6. The highest BCUT2D eigenvalue weighted by Crippen LogP contribution is 2.16. The van der Waals surface area contributed by atoms with Crippen LogP contribution in [0.15, 0.2) is 48.6 Å². The summed E-state index contributed by atoms with van der Waals surface area (Å²) >= 11 is 0. The minimum Gasteiger partial charge on any atom is -0.462 e. The van der Waals surface area contributed by atoms with Gasteiger partial charge in [-0.1, -0.05) is 262 Å². The van der Waals surface area contributed by atoms with Gasteiger partial charge >= 0.3 is 17.9 Å². The molecule has 0 radical (unpaired) electrons. The zero-order chi connectivity index (χ0) is 47.2. The van der Waals surface area contributed by atoms with Gasteiger partial charge in [0.2, 0.25) is 0 Å². The second kappa shape index (κ2) is 54.0. The molecule has 1 atom stereocenters. The van der Waals surface area contributed by atoms with E-state index in [1.165, 1.54) is 161 Å². The van der Waals surface area contributed by atoms with Crippen molar-refractivity contribution in [3.63, 3.8) is 0 Å². The first-order valence-corrected chi connectivity index (χ1v) is 28.1. The van der Waals surface area contributed by atoms with Crippen molar-refractivity contribution in [3.8, 4) is 0 Å². The van der Waals surface area contributed by atoms with Gasteiger partial charge in [0, 0.05) is 19.3 Å². The first kappa shape index (κ1) is 62.4. The van der Waals surface area contributed by atoms with Crippen LogP contribution in [0.4, 0.5) is 0 Å². The summed E-state index contributed by atoms with van der Waals surface area (Å²) < 4.78 is 16.8. The minimum atomic E-state index is -0.771.